The van der Waals surface area contributed by atoms with Crippen molar-refractivity contribution in [3.05, 3.63) is 28.5 Å². The highest BCUT2D eigenvalue weighted by molar-refractivity contribution is 7.16. The average Bonchev–Trinajstić information content (AvgIpc) is 3.14. The summed E-state index contributed by atoms with van der Waals surface area (Å²) in [6.45, 7) is 4.31. The van der Waals surface area contributed by atoms with E-state index in [-0.39, 0.29) is 0 Å². The lowest BCUT2D eigenvalue weighted by Crippen LogP contribution is -2.02. The van der Waals surface area contributed by atoms with Crippen LogP contribution in [-0.4, -0.2) is 41.1 Å². The Kier molecular flexibility index (Phi) is 5.08. The second-order valence-corrected chi connectivity index (χ2v) is 7.16. The van der Waals surface area contributed by atoms with Crippen LogP contribution in [0.4, 0.5) is 0 Å². The molecule has 0 fully saturated rings. The van der Waals surface area contributed by atoms with Gasteiger partial charge in [-0.1, -0.05) is 25.2 Å². The van der Waals surface area contributed by atoms with Gasteiger partial charge < -0.3 is 14.2 Å². The number of methoxy groups -OCH3 is 3. The molecule has 8 heteroatoms. The summed E-state index contributed by atoms with van der Waals surface area (Å²) in [6.07, 6.45) is 1.51. The number of benzene rings is 1. The first-order valence-corrected chi connectivity index (χ1v) is 8.86. The van der Waals surface area contributed by atoms with Gasteiger partial charge in [0, 0.05) is 12.8 Å². The number of nitrogens with zero attached hydrogens (tertiary/aromatic N) is 4. The van der Waals surface area contributed by atoms with Gasteiger partial charge in [0.1, 0.15) is 5.01 Å². The van der Waals surface area contributed by atoms with Gasteiger partial charge >= 0.3 is 0 Å². The van der Waals surface area contributed by atoms with Crippen LogP contribution in [0.15, 0.2) is 12.1 Å². The second-order valence-electron chi connectivity index (χ2n) is 6.11. The maximum absolute atomic E-state index is 5.41. The van der Waals surface area contributed by atoms with Crippen LogP contribution in [0.2, 0.25) is 0 Å². The van der Waals surface area contributed by atoms with Crippen molar-refractivity contribution < 1.29 is 14.2 Å². The molecule has 3 rings (SSSR count). The van der Waals surface area contributed by atoms with Gasteiger partial charge in [0.25, 0.3) is 0 Å². The highest BCUT2D eigenvalue weighted by Gasteiger charge is 2.16. The predicted molar refractivity (Wildman–Crippen MR) is 96.1 cm³/mol. The smallest absolute Gasteiger partial charge is 0.234 e. The molecule has 0 aliphatic rings. The molecule has 7 nitrogen and oxygen atoms in total. The maximum atomic E-state index is 5.41. The number of aromatic nitrogens is 4. The van der Waals surface area contributed by atoms with E-state index in [4.69, 9.17) is 14.2 Å². The summed E-state index contributed by atoms with van der Waals surface area (Å²) in [5.74, 6) is 3.27. The Morgan fingerprint density at radius 3 is 2.28 bits per heavy atom. The molecule has 0 unspecified atom stereocenters. The predicted octanol–water partition coefficient (Wildman–Crippen LogP) is 3.00. The molecular formula is C17H22N4O3S. The molecule has 0 spiro atoms. The Bertz CT molecular complexity index is 847. The molecule has 0 amide bonds. The van der Waals surface area contributed by atoms with Crippen molar-refractivity contribution in [2.75, 3.05) is 21.3 Å². The lowest BCUT2D eigenvalue weighted by Gasteiger charge is -2.13. The molecule has 1 aromatic carbocycles. The number of hydrogen-bond acceptors (Lipinski definition) is 7. The van der Waals surface area contributed by atoms with Crippen molar-refractivity contribution in [2.45, 2.75) is 26.7 Å². The molecule has 0 radical (unpaired) electrons. The van der Waals surface area contributed by atoms with Crippen LogP contribution in [0.5, 0.6) is 17.2 Å². The molecule has 0 atom stereocenters. The minimum atomic E-state index is 0.507. The summed E-state index contributed by atoms with van der Waals surface area (Å²) in [5, 5.41) is 14.1. The monoisotopic (exact) mass is 362 g/mol. The lowest BCUT2D eigenvalue weighted by molar-refractivity contribution is 0.324. The van der Waals surface area contributed by atoms with E-state index < -0.39 is 0 Å². The number of fused-ring (bicyclic) bond motifs is 1. The first-order valence-electron chi connectivity index (χ1n) is 8.04. The molecule has 25 heavy (non-hydrogen) atoms. The van der Waals surface area contributed by atoms with Crippen molar-refractivity contribution in [3.63, 3.8) is 0 Å². The molecule has 0 aliphatic carbocycles. The van der Waals surface area contributed by atoms with E-state index in [1.807, 2.05) is 16.6 Å². The van der Waals surface area contributed by atoms with Crippen molar-refractivity contribution in [1.29, 1.82) is 0 Å². The quantitative estimate of drug-likeness (QED) is 0.643. The number of ether oxygens (including phenoxy) is 3. The summed E-state index contributed by atoms with van der Waals surface area (Å²) >= 11 is 1.54. The largest absolute Gasteiger partial charge is 0.493 e. The van der Waals surface area contributed by atoms with Gasteiger partial charge in [-0.2, -0.15) is 9.61 Å². The van der Waals surface area contributed by atoms with Gasteiger partial charge in [-0.05, 0) is 23.6 Å². The molecule has 0 saturated heterocycles. The van der Waals surface area contributed by atoms with Gasteiger partial charge in [-0.15, -0.1) is 10.2 Å². The van der Waals surface area contributed by atoms with Crippen LogP contribution in [-0.2, 0) is 12.8 Å². The lowest BCUT2D eigenvalue weighted by atomic mass is 10.1. The van der Waals surface area contributed by atoms with Crippen LogP contribution in [0, 0.1) is 5.92 Å². The van der Waals surface area contributed by atoms with E-state index in [1.54, 1.807) is 32.7 Å². The molecule has 0 N–H and O–H groups in total. The van der Waals surface area contributed by atoms with Crippen molar-refractivity contribution in [2.24, 2.45) is 5.92 Å². The summed E-state index contributed by atoms with van der Waals surface area (Å²) in [5.41, 5.74) is 1.03. The minimum absolute atomic E-state index is 0.507. The highest BCUT2D eigenvalue weighted by Crippen LogP contribution is 2.38. The van der Waals surface area contributed by atoms with Crippen LogP contribution in [0.3, 0.4) is 0 Å². The molecule has 2 aromatic heterocycles. The Morgan fingerprint density at radius 2 is 1.72 bits per heavy atom. The van der Waals surface area contributed by atoms with Crippen molar-refractivity contribution in [3.8, 4) is 17.2 Å². The third-order valence-electron chi connectivity index (χ3n) is 3.77. The SMILES string of the molecule is COc1cc(Cc2nn3c(CC(C)C)nnc3s2)cc(OC)c1OC. The highest BCUT2D eigenvalue weighted by atomic mass is 32.1. The van der Waals surface area contributed by atoms with Crippen LogP contribution in [0.25, 0.3) is 4.96 Å². The molecule has 0 bridgehead atoms. The van der Waals surface area contributed by atoms with Gasteiger partial charge in [0.05, 0.1) is 21.3 Å². The van der Waals surface area contributed by atoms with Gasteiger partial charge in [0.15, 0.2) is 17.3 Å². The Balaban J connectivity index is 1.91. The maximum Gasteiger partial charge on any atom is 0.234 e. The Labute approximate surface area is 150 Å². The average molecular weight is 362 g/mol. The molecular weight excluding hydrogens is 340 g/mol. The van der Waals surface area contributed by atoms with Crippen molar-refractivity contribution >= 4 is 16.3 Å². The molecule has 3 aromatic rings. The zero-order valence-electron chi connectivity index (χ0n) is 15.1. The fourth-order valence-electron chi connectivity index (χ4n) is 2.67. The minimum Gasteiger partial charge on any atom is -0.493 e. The third-order valence-corrected chi connectivity index (χ3v) is 4.67. The molecule has 2 heterocycles. The van der Waals surface area contributed by atoms with E-state index in [2.05, 4.69) is 29.1 Å². The summed E-state index contributed by atoms with van der Waals surface area (Å²) in [7, 11) is 4.82. The summed E-state index contributed by atoms with van der Waals surface area (Å²) < 4.78 is 18.0. The standard InChI is InChI=1S/C17H22N4O3S/c1-10(2)6-14-18-19-17-21(14)20-15(25-17)9-11-7-12(22-3)16(24-5)13(8-11)23-4/h7-8,10H,6,9H2,1-5H3. The summed E-state index contributed by atoms with van der Waals surface area (Å²) in [4.78, 5) is 0.818. The Hall–Kier alpha value is -2.35. The van der Waals surface area contributed by atoms with E-state index in [0.717, 1.165) is 27.8 Å². The summed E-state index contributed by atoms with van der Waals surface area (Å²) in [6, 6.07) is 3.89. The zero-order valence-corrected chi connectivity index (χ0v) is 15.9. The van der Waals surface area contributed by atoms with E-state index in [1.165, 1.54) is 0 Å². The van der Waals surface area contributed by atoms with Crippen LogP contribution < -0.4 is 14.2 Å². The molecule has 0 saturated carbocycles. The number of rotatable bonds is 7. The molecule has 134 valence electrons. The topological polar surface area (TPSA) is 70.8 Å². The second kappa shape index (κ2) is 7.26. The van der Waals surface area contributed by atoms with Crippen molar-refractivity contribution in [1.82, 2.24) is 19.8 Å². The van der Waals surface area contributed by atoms with E-state index in [0.29, 0.717) is 29.6 Å². The van der Waals surface area contributed by atoms with Crippen LogP contribution >= 0.6 is 11.3 Å². The normalized spacial score (nSPS) is 11.3. The third kappa shape index (κ3) is 3.53. The Morgan fingerprint density at radius 1 is 1.04 bits per heavy atom. The van der Waals surface area contributed by atoms with Gasteiger partial charge in [-0.25, -0.2) is 0 Å². The molecule has 0 aliphatic heterocycles. The van der Waals surface area contributed by atoms with E-state index in [9.17, 15) is 0 Å². The van der Waals surface area contributed by atoms with Gasteiger partial charge in [0.2, 0.25) is 10.7 Å². The first-order chi connectivity index (χ1) is 12.0. The van der Waals surface area contributed by atoms with Gasteiger partial charge in [-0.3, -0.25) is 0 Å². The fraction of sp³-hybridized carbons (Fsp3) is 0.471. The fourth-order valence-corrected chi connectivity index (χ4v) is 3.56. The number of hydrogen-bond donors (Lipinski definition) is 0. The zero-order chi connectivity index (χ0) is 18.0. The van der Waals surface area contributed by atoms with Crippen LogP contribution in [0.1, 0.15) is 30.2 Å². The first kappa shape index (κ1) is 17.5. The van der Waals surface area contributed by atoms with E-state index >= 15 is 0 Å².